The fraction of sp³-hybridized carbons (Fsp3) is 0.333. The number of hydrogen-bond donors (Lipinski definition) is 1. The third-order valence-corrected chi connectivity index (χ3v) is 4.13. The molecular formula is C18H20N4O4. The van der Waals surface area contributed by atoms with Gasteiger partial charge in [-0.25, -0.2) is 0 Å². The van der Waals surface area contributed by atoms with Crippen molar-refractivity contribution in [2.45, 2.75) is 13.8 Å². The largest absolute Gasteiger partial charge is 0.361 e. The fourth-order valence-corrected chi connectivity index (χ4v) is 2.86. The maximum atomic E-state index is 12.7. The van der Waals surface area contributed by atoms with E-state index in [0.717, 1.165) is 0 Å². The molecule has 2 heterocycles. The molecule has 8 nitrogen and oxygen atoms in total. The maximum Gasteiger partial charge on any atom is 0.276 e. The average molecular weight is 356 g/mol. The van der Waals surface area contributed by atoms with Crippen LogP contribution in [0.4, 0.5) is 5.69 Å². The molecule has 0 unspecified atom stereocenters. The van der Waals surface area contributed by atoms with Crippen LogP contribution >= 0.6 is 0 Å². The van der Waals surface area contributed by atoms with E-state index in [-0.39, 0.29) is 23.4 Å². The molecule has 0 atom stereocenters. The van der Waals surface area contributed by atoms with E-state index >= 15 is 0 Å². The first-order chi connectivity index (χ1) is 12.4. The highest BCUT2D eigenvalue weighted by Crippen LogP contribution is 2.15. The van der Waals surface area contributed by atoms with Gasteiger partial charge in [0.2, 0.25) is 5.91 Å². The van der Waals surface area contributed by atoms with Crippen molar-refractivity contribution in [3.8, 4) is 0 Å². The number of aromatic nitrogens is 1. The van der Waals surface area contributed by atoms with Crippen molar-refractivity contribution in [1.82, 2.24) is 15.0 Å². The average Bonchev–Trinajstić information content (AvgIpc) is 3.07. The highest BCUT2D eigenvalue weighted by Gasteiger charge is 2.27. The summed E-state index contributed by atoms with van der Waals surface area (Å²) in [6.07, 6.45) is 0. The Kier molecular flexibility index (Phi) is 5.01. The molecule has 0 radical (unpaired) electrons. The number of amides is 3. The Hall–Kier alpha value is -3.16. The van der Waals surface area contributed by atoms with Gasteiger partial charge in [-0.2, -0.15) is 0 Å². The topological polar surface area (TPSA) is 95.8 Å². The smallest absolute Gasteiger partial charge is 0.276 e. The van der Waals surface area contributed by atoms with Gasteiger partial charge in [0.05, 0.1) is 0 Å². The van der Waals surface area contributed by atoms with Crippen LogP contribution in [-0.4, -0.2) is 58.9 Å². The van der Waals surface area contributed by atoms with Crippen molar-refractivity contribution in [1.29, 1.82) is 0 Å². The molecule has 0 bridgehead atoms. The first kappa shape index (κ1) is 17.7. The highest BCUT2D eigenvalue weighted by molar-refractivity contribution is 5.97. The standard InChI is InChI=1S/C18H20N4O4/c1-12-10-16(20-26-12)18(25)22-8-6-21(7-9-22)17(24)14-4-3-5-15(11-14)19-13(2)23/h3-5,10-11H,6-9H2,1-2H3,(H,19,23). The minimum atomic E-state index is -0.193. The van der Waals surface area contributed by atoms with Crippen LogP contribution < -0.4 is 5.32 Å². The van der Waals surface area contributed by atoms with Crippen LogP contribution in [0.5, 0.6) is 0 Å². The number of anilines is 1. The Balaban J connectivity index is 1.61. The normalized spacial score (nSPS) is 14.2. The predicted molar refractivity (Wildman–Crippen MR) is 93.8 cm³/mol. The zero-order valence-corrected chi connectivity index (χ0v) is 14.7. The molecule has 1 aliphatic rings. The van der Waals surface area contributed by atoms with Crippen LogP contribution in [0.25, 0.3) is 0 Å². The maximum absolute atomic E-state index is 12.7. The number of carbonyl (C=O) groups is 3. The van der Waals surface area contributed by atoms with Crippen molar-refractivity contribution in [2.75, 3.05) is 31.5 Å². The second-order valence-corrected chi connectivity index (χ2v) is 6.17. The van der Waals surface area contributed by atoms with Gasteiger partial charge in [-0.05, 0) is 25.1 Å². The number of nitrogens with one attached hydrogen (secondary N) is 1. The lowest BCUT2D eigenvalue weighted by Gasteiger charge is -2.34. The van der Waals surface area contributed by atoms with Gasteiger partial charge < -0.3 is 19.6 Å². The molecule has 1 aliphatic heterocycles. The minimum absolute atomic E-state index is 0.124. The van der Waals surface area contributed by atoms with E-state index < -0.39 is 0 Å². The number of benzene rings is 1. The first-order valence-corrected chi connectivity index (χ1v) is 8.33. The van der Waals surface area contributed by atoms with Crippen molar-refractivity contribution >= 4 is 23.4 Å². The van der Waals surface area contributed by atoms with Gasteiger partial charge in [-0.15, -0.1) is 0 Å². The van der Waals surface area contributed by atoms with E-state index in [1.165, 1.54) is 6.92 Å². The Morgan fingerprint density at radius 3 is 2.27 bits per heavy atom. The lowest BCUT2D eigenvalue weighted by molar-refractivity contribution is -0.114. The summed E-state index contributed by atoms with van der Waals surface area (Å²) in [6, 6.07) is 8.43. The summed E-state index contributed by atoms with van der Waals surface area (Å²) in [6.45, 7) is 4.89. The number of aryl methyl sites for hydroxylation is 1. The van der Waals surface area contributed by atoms with Crippen LogP contribution in [0.1, 0.15) is 33.5 Å². The molecule has 0 spiro atoms. The molecule has 8 heteroatoms. The molecule has 26 heavy (non-hydrogen) atoms. The lowest BCUT2D eigenvalue weighted by atomic mass is 10.1. The highest BCUT2D eigenvalue weighted by atomic mass is 16.5. The monoisotopic (exact) mass is 356 g/mol. The molecule has 1 N–H and O–H groups in total. The molecule has 136 valence electrons. The molecule has 2 aromatic rings. The molecule has 0 saturated carbocycles. The van der Waals surface area contributed by atoms with E-state index in [9.17, 15) is 14.4 Å². The van der Waals surface area contributed by atoms with Gasteiger partial charge in [0.25, 0.3) is 11.8 Å². The van der Waals surface area contributed by atoms with Gasteiger partial charge >= 0.3 is 0 Å². The molecule has 3 amide bonds. The fourth-order valence-electron chi connectivity index (χ4n) is 2.86. The summed E-state index contributed by atoms with van der Waals surface area (Å²) in [4.78, 5) is 39.6. The van der Waals surface area contributed by atoms with Gasteiger partial charge in [0, 0.05) is 50.4 Å². The van der Waals surface area contributed by atoms with Crippen LogP contribution in [-0.2, 0) is 4.79 Å². The number of nitrogens with zero attached hydrogens (tertiary/aromatic N) is 3. The van der Waals surface area contributed by atoms with Crippen LogP contribution in [0.15, 0.2) is 34.9 Å². The van der Waals surface area contributed by atoms with Crippen molar-refractivity contribution in [2.24, 2.45) is 0 Å². The summed E-state index contributed by atoms with van der Waals surface area (Å²) in [5.74, 6) is 0.0780. The third kappa shape index (κ3) is 3.90. The number of piperazine rings is 1. The molecular weight excluding hydrogens is 336 g/mol. The zero-order valence-electron chi connectivity index (χ0n) is 14.7. The van der Waals surface area contributed by atoms with E-state index in [1.54, 1.807) is 47.1 Å². The van der Waals surface area contributed by atoms with E-state index in [4.69, 9.17) is 4.52 Å². The second-order valence-electron chi connectivity index (χ2n) is 6.17. The van der Waals surface area contributed by atoms with Crippen LogP contribution in [0.3, 0.4) is 0 Å². The van der Waals surface area contributed by atoms with Crippen molar-refractivity contribution < 1.29 is 18.9 Å². The summed E-state index contributed by atoms with van der Waals surface area (Å²) < 4.78 is 4.94. The second kappa shape index (κ2) is 7.38. The Labute approximate surface area is 150 Å². The van der Waals surface area contributed by atoms with E-state index in [0.29, 0.717) is 43.2 Å². The molecule has 1 saturated heterocycles. The van der Waals surface area contributed by atoms with E-state index in [1.807, 2.05) is 0 Å². The van der Waals surface area contributed by atoms with Crippen LogP contribution in [0.2, 0.25) is 0 Å². The summed E-state index contributed by atoms with van der Waals surface area (Å²) in [5, 5.41) is 6.41. The third-order valence-electron chi connectivity index (χ3n) is 4.13. The van der Waals surface area contributed by atoms with Crippen molar-refractivity contribution in [3.05, 3.63) is 47.3 Å². The first-order valence-electron chi connectivity index (χ1n) is 8.33. The molecule has 0 aliphatic carbocycles. The number of hydrogen-bond acceptors (Lipinski definition) is 5. The zero-order chi connectivity index (χ0) is 18.7. The molecule has 1 aromatic heterocycles. The molecule has 1 fully saturated rings. The molecule has 1 aromatic carbocycles. The Morgan fingerprint density at radius 1 is 1.04 bits per heavy atom. The van der Waals surface area contributed by atoms with Gasteiger partial charge in [0.15, 0.2) is 5.69 Å². The van der Waals surface area contributed by atoms with Crippen molar-refractivity contribution in [3.63, 3.8) is 0 Å². The van der Waals surface area contributed by atoms with E-state index in [2.05, 4.69) is 10.5 Å². The molecule has 3 rings (SSSR count). The lowest BCUT2D eigenvalue weighted by Crippen LogP contribution is -2.50. The summed E-state index contributed by atoms with van der Waals surface area (Å²) in [7, 11) is 0. The Morgan fingerprint density at radius 2 is 1.69 bits per heavy atom. The van der Waals surface area contributed by atoms with Gasteiger partial charge in [0.1, 0.15) is 5.76 Å². The van der Waals surface area contributed by atoms with Crippen LogP contribution in [0, 0.1) is 6.92 Å². The number of rotatable bonds is 3. The van der Waals surface area contributed by atoms with Gasteiger partial charge in [-0.1, -0.05) is 11.2 Å². The predicted octanol–water partition coefficient (Wildman–Crippen LogP) is 1.54. The quantitative estimate of drug-likeness (QED) is 0.900. The summed E-state index contributed by atoms with van der Waals surface area (Å²) in [5.41, 5.74) is 1.37. The SMILES string of the molecule is CC(=O)Nc1cccc(C(=O)N2CCN(C(=O)c3cc(C)on3)CC2)c1. The summed E-state index contributed by atoms with van der Waals surface area (Å²) >= 11 is 0. The minimum Gasteiger partial charge on any atom is -0.361 e. The number of carbonyl (C=O) groups excluding carboxylic acids is 3. The van der Waals surface area contributed by atoms with Gasteiger partial charge in [-0.3, -0.25) is 14.4 Å². The Bertz CT molecular complexity index is 837.